The second-order valence-corrected chi connectivity index (χ2v) is 6.60. The molecule has 0 bridgehead atoms. The third-order valence-electron chi connectivity index (χ3n) is 2.94. The first-order valence-corrected chi connectivity index (χ1v) is 8.00. The Balaban J connectivity index is 2.79. The SMILES string of the molecule is CC[C@H](N)C(=O)NC(C)c1ccc(S(C)(=O)=O)cc1. The van der Waals surface area contributed by atoms with Crippen LogP contribution in [0.25, 0.3) is 0 Å². The van der Waals surface area contributed by atoms with Crippen LogP contribution in [0.2, 0.25) is 0 Å². The molecule has 1 amide bonds. The van der Waals surface area contributed by atoms with Crippen molar-refractivity contribution < 1.29 is 13.2 Å². The average molecular weight is 284 g/mol. The van der Waals surface area contributed by atoms with Crippen LogP contribution in [0.5, 0.6) is 0 Å². The van der Waals surface area contributed by atoms with E-state index in [0.29, 0.717) is 6.42 Å². The van der Waals surface area contributed by atoms with Crippen molar-refractivity contribution in [2.45, 2.75) is 37.2 Å². The molecule has 1 aromatic rings. The number of nitrogens with one attached hydrogen (secondary N) is 1. The van der Waals surface area contributed by atoms with Gasteiger partial charge in [0, 0.05) is 6.26 Å². The monoisotopic (exact) mass is 284 g/mol. The van der Waals surface area contributed by atoms with Crippen LogP contribution >= 0.6 is 0 Å². The highest BCUT2D eigenvalue weighted by atomic mass is 32.2. The van der Waals surface area contributed by atoms with Crippen molar-refractivity contribution in [2.24, 2.45) is 5.73 Å². The molecule has 1 unspecified atom stereocenters. The Kier molecular flexibility index (Phi) is 5.08. The van der Waals surface area contributed by atoms with Crippen LogP contribution in [0.3, 0.4) is 0 Å². The van der Waals surface area contributed by atoms with Gasteiger partial charge >= 0.3 is 0 Å². The number of sulfone groups is 1. The van der Waals surface area contributed by atoms with Gasteiger partial charge in [-0.3, -0.25) is 4.79 Å². The van der Waals surface area contributed by atoms with Gasteiger partial charge < -0.3 is 11.1 Å². The van der Waals surface area contributed by atoms with Crippen molar-refractivity contribution >= 4 is 15.7 Å². The predicted molar refractivity (Wildman–Crippen MR) is 74.4 cm³/mol. The molecule has 0 saturated heterocycles. The minimum absolute atomic E-state index is 0.206. The second-order valence-electron chi connectivity index (χ2n) is 4.59. The number of benzene rings is 1. The normalized spacial score (nSPS) is 14.7. The molecule has 0 aliphatic rings. The zero-order valence-corrected chi connectivity index (χ0v) is 12.2. The van der Waals surface area contributed by atoms with Crippen LogP contribution in [0, 0.1) is 0 Å². The molecule has 6 heteroatoms. The molecule has 5 nitrogen and oxygen atoms in total. The minimum Gasteiger partial charge on any atom is -0.348 e. The predicted octanol–water partition coefficient (Wildman–Crippen LogP) is 1.00. The third kappa shape index (κ3) is 4.33. The quantitative estimate of drug-likeness (QED) is 0.844. The summed E-state index contributed by atoms with van der Waals surface area (Å²) in [6.45, 7) is 3.67. The van der Waals surface area contributed by atoms with Gasteiger partial charge in [-0.25, -0.2) is 8.42 Å². The van der Waals surface area contributed by atoms with E-state index in [0.717, 1.165) is 11.8 Å². The lowest BCUT2D eigenvalue weighted by Gasteiger charge is -2.17. The van der Waals surface area contributed by atoms with Crippen molar-refractivity contribution in [2.75, 3.05) is 6.26 Å². The summed E-state index contributed by atoms with van der Waals surface area (Å²) in [5.74, 6) is -0.206. The second kappa shape index (κ2) is 6.16. The maximum Gasteiger partial charge on any atom is 0.237 e. The van der Waals surface area contributed by atoms with Gasteiger partial charge in [-0.05, 0) is 31.0 Å². The molecule has 0 aliphatic heterocycles. The number of carbonyl (C=O) groups is 1. The third-order valence-corrected chi connectivity index (χ3v) is 4.07. The minimum atomic E-state index is -3.19. The van der Waals surface area contributed by atoms with E-state index in [1.807, 2.05) is 13.8 Å². The average Bonchev–Trinajstić information content (AvgIpc) is 2.36. The van der Waals surface area contributed by atoms with Gasteiger partial charge in [-0.1, -0.05) is 19.1 Å². The number of carbonyl (C=O) groups excluding carboxylic acids is 1. The van der Waals surface area contributed by atoms with E-state index < -0.39 is 15.9 Å². The lowest BCUT2D eigenvalue weighted by Crippen LogP contribution is -2.41. The van der Waals surface area contributed by atoms with Crippen molar-refractivity contribution in [3.63, 3.8) is 0 Å². The van der Waals surface area contributed by atoms with Crippen molar-refractivity contribution in [1.82, 2.24) is 5.32 Å². The van der Waals surface area contributed by atoms with E-state index in [9.17, 15) is 13.2 Å². The highest BCUT2D eigenvalue weighted by Gasteiger charge is 2.15. The molecule has 0 heterocycles. The Hall–Kier alpha value is -1.40. The molecular weight excluding hydrogens is 264 g/mol. The van der Waals surface area contributed by atoms with Gasteiger partial charge in [-0.2, -0.15) is 0 Å². The number of rotatable bonds is 5. The van der Waals surface area contributed by atoms with Crippen molar-refractivity contribution in [1.29, 1.82) is 0 Å². The van der Waals surface area contributed by atoms with E-state index in [-0.39, 0.29) is 16.8 Å². The summed E-state index contributed by atoms with van der Waals surface area (Å²) in [4.78, 5) is 11.9. The van der Waals surface area contributed by atoms with E-state index in [1.54, 1.807) is 12.1 Å². The van der Waals surface area contributed by atoms with Crippen LogP contribution in [-0.2, 0) is 14.6 Å². The molecule has 2 atom stereocenters. The molecule has 0 aliphatic carbocycles. The molecule has 0 spiro atoms. The highest BCUT2D eigenvalue weighted by molar-refractivity contribution is 7.90. The summed E-state index contributed by atoms with van der Waals surface area (Å²) in [5, 5.41) is 2.79. The van der Waals surface area contributed by atoms with Crippen LogP contribution in [0.4, 0.5) is 0 Å². The lowest BCUT2D eigenvalue weighted by molar-refractivity contribution is -0.123. The molecule has 3 N–H and O–H groups in total. The van der Waals surface area contributed by atoms with E-state index in [1.165, 1.54) is 12.1 Å². The van der Waals surface area contributed by atoms with Gasteiger partial charge in [0.15, 0.2) is 9.84 Å². The largest absolute Gasteiger partial charge is 0.348 e. The molecule has 0 aromatic heterocycles. The number of amides is 1. The van der Waals surface area contributed by atoms with Gasteiger partial charge in [-0.15, -0.1) is 0 Å². The zero-order valence-electron chi connectivity index (χ0n) is 11.4. The van der Waals surface area contributed by atoms with Crippen LogP contribution in [0.15, 0.2) is 29.2 Å². The molecule has 0 radical (unpaired) electrons. The van der Waals surface area contributed by atoms with Crippen molar-refractivity contribution in [3.05, 3.63) is 29.8 Å². The molecule has 1 aromatic carbocycles. The van der Waals surface area contributed by atoms with E-state index in [2.05, 4.69) is 5.32 Å². The Morgan fingerprint density at radius 2 is 1.84 bits per heavy atom. The first kappa shape index (κ1) is 15.7. The first-order chi connectivity index (χ1) is 8.75. The maximum atomic E-state index is 11.7. The Morgan fingerprint density at radius 3 is 2.26 bits per heavy atom. The number of hydrogen-bond donors (Lipinski definition) is 2. The fraction of sp³-hybridized carbons (Fsp3) is 0.462. The standard InChI is InChI=1S/C13H20N2O3S/c1-4-12(14)13(16)15-9(2)10-5-7-11(8-6-10)19(3,17)18/h5-9,12H,4,14H2,1-3H3,(H,15,16)/t9?,12-/m0/s1. The maximum absolute atomic E-state index is 11.7. The van der Waals surface area contributed by atoms with Crippen LogP contribution in [0.1, 0.15) is 31.9 Å². The summed E-state index contributed by atoms with van der Waals surface area (Å²) in [7, 11) is -3.19. The molecule has 0 fully saturated rings. The summed E-state index contributed by atoms with van der Waals surface area (Å²) >= 11 is 0. The summed E-state index contributed by atoms with van der Waals surface area (Å²) in [6, 6.07) is 5.73. The van der Waals surface area contributed by atoms with Crippen LogP contribution in [-0.4, -0.2) is 26.6 Å². The van der Waals surface area contributed by atoms with Gasteiger partial charge in [0.2, 0.25) is 5.91 Å². The fourth-order valence-corrected chi connectivity index (χ4v) is 2.22. The lowest BCUT2D eigenvalue weighted by atomic mass is 10.1. The summed E-state index contributed by atoms with van der Waals surface area (Å²) < 4.78 is 22.7. The topological polar surface area (TPSA) is 89.3 Å². The summed E-state index contributed by atoms with van der Waals surface area (Å²) in [5.41, 5.74) is 6.47. The Labute approximate surface area is 114 Å². The van der Waals surface area contributed by atoms with E-state index in [4.69, 9.17) is 5.73 Å². The highest BCUT2D eigenvalue weighted by Crippen LogP contribution is 2.16. The molecular formula is C13H20N2O3S. The van der Waals surface area contributed by atoms with Crippen molar-refractivity contribution in [3.8, 4) is 0 Å². The van der Waals surface area contributed by atoms with Crippen LogP contribution < -0.4 is 11.1 Å². The Morgan fingerprint density at radius 1 is 1.32 bits per heavy atom. The van der Waals surface area contributed by atoms with Gasteiger partial charge in [0.1, 0.15) is 0 Å². The molecule has 19 heavy (non-hydrogen) atoms. The number of hydrogen-bond acceptors (Lipinski definition) is 4. The van der Waals surface area contributed by atoms with E-state index >= 15 is 0 Å². The molecule has 106 valence electrons. The summed E-state index contributed by atoms with van der Waals surface area (Å²) in [6.07, 6.45) is 1.74. The Bertz CT molecular complexity index is 538. The first-order valence-electron chi connectivity index (χ1n) is 6.11. The van der Waals surface area contributed by atoms with Gasteiger partial charge in [0.25, 0.3) is 0 Å². The smallest absolute Gasteiger partial charge is 0.237 e. The molecule has 1 rings (SSSR count). The van der Waals surface area contributed by atoms with Gasteiger partial charge in [0.05, 0.1) is 17.0 Å². The fourth-order valence-electron chi connectivity index (χ4n) is 1.59. The zero-order chi connectivity index (χ0) is 14.6. The molecule has 0 saturated carbocycles. The number of nitrogens with two attached hydrogens (primary N) is 1.